The van der Waals surface area contributed by atoms with Crippen LogP contribution in [-0.4, -0.2) is 21.6 Å². The number of benzene rings is 1. The Morgan fingerprint density at radius 1 is 1.04 bits per heavy atom. The van der Waals surface area contributed by atoms with Gasteiger partial charge >= 0.3 is 0 Å². The minimum Gasteiger partial charge on any atom is -0.268 e. The van der Waals surface area contributed by atoms with Gasteiger partial charge in [0.05, 0.1) is 11.4 Å². The number of hydrazine groups is 1. The molecule has 7 heteroatoms. The summed E-state index contributed by atoms with van der Waals surface area (Å²) in [6.45, 7) is 0.643. The monoisotopic (exact) mass is 326 g/mol. The van der Waals surface area contributed by atoms with E-state index in [1.54, 1.807) is 40.5 Å². The minimum atomic E-state index is -0.361. The zero-order valence-corrected chi connectivity index (χ0v) is 12.9. The highest BCUT2D eigenvalue weighted by molar-refractivity contribution is 7.12. The summed E-state index contributed by atoms with van der Waals surface area (Å²) < 4.78 is 1.80. The summed E-state index contributed by atoms with van der Waals surface area (Å²) in [5, 5.41) is 5.93. The highest BCUT2D eigenvalue weighted by Crippen LogP contribution is 2.08. The van der Waals surface area contributed by atoms with E-state index in [1.807, 2.05) is 24.4 Å². The van der Waals surface area contributed by atoms with E-state index in [4.69, 9.17) is 0 Å². The summed E-state index contributed by atoms with van der Waals surface area (Å²) in [5.41, 5.74) is 6.30. The standard InChI is InChI=1S/C16H14N4O2S/c21-15(18-19-16(22)14-3-1-10-23-14)13-6-4-12(5-7-13)11-20-9-2-8-17-20/h1-10H,11H2,(H,18,21)(H,19,22). The van der Waals surface area contributed by atoms with Crippen molar-refractivity contribution in [3.63, 3.8) is 0 Å². The zero-order valence-electron chi connectivity index (χ0n) is 12.1. The average Bonchev–Trinajstić information content (AvgIpc) is 3.26. The maximum absolute atomic E-state index is 12.0. The van der Waals surface area contributed by atoms with Gasteiger partial charge < -0.3 is 0 Å². The van der Waals surface area contributed by atoms with Gasteiger partial charge in [0.15, 0.2) is 0 Å². The number of carbonyl (C=O) groups excluding carboxylic acids is 2. The van der Waals surface area contributed by atoms with Crippen LogP contribution in [0, 0.1) is 0 Å². The molecule has 0 aliphatic carbocycles. The van der Waals surface area contributed by atoms with Crippen molar-refractivity contribution in [3.05, 3.63) is 76.2 Å². The molecule has 0 saturated heterocycles. The summed E-state index contributed by atoms with van der Waals surface area (Å²) in [4.78, 5) is 24.3. The summed E-state index contributed by atoms with van der Waals surface area (Å²) in [7, 11) is 0. The van der Waals surface area contributed by atoms with E-state index in [-0.39, 0.29) is 11.8 Å². The number of hydrogen-bond acceptors (Lipinski definition) is 4. The maximum Gasteiger partial charge on any atom is 0.279 e. The third-order valence-corrected chi connectivity index (χ3v) is 4.02. The van der Waals surface area contributed by atoms with Gasteiger partial charge in [0.2, 0.25) is 0 Å². The summed E-state index contributed by atoms with van der Waals surface area (Å²) in [5.74, 6) is -0.691. The van der Waals surface area contributed by atoms with Crippen molar-refractivity contribution in [1.82, 2.24) is 20.6 Å². The molecule has 0 fully saturated rings. The van der Waals surface area contributed by atoms with E-state index in [2.05, 4.69) is 16.0 Å². The molecule has 2 N–H and O–H groups in total. The first-order valence-electron chi connectivity index (χ1n) is 6.93. The lowest BCUT2D eigenvalue weighted by Gasteiger charge is -2.07. The van der Waals surface area contributed by atoms with Crippen molar-refractivity contribution in [2.75, 3.05) is 0 Å². The number of carbonyl (C=O) groups is 2. The Kier molecular flexibility index (Phi) is 4.49. The number of hydrogen-bond donors (Lipinski definition) is 2. The second-order valence-corrected chi connectivity index (χ2v) is 5.73. The Balaban J connectivity index is 1.56. The first-order valence-corrected chi connectivity index (χ1v) is 7.81. The largest absolute Gasteiger partial charge is 0.279 e. The molecule has 0 radical (unpaired) electrons. The number of nitrogens with one attached hydrogen (secondary N) is 2. The summed E-state index contributed by atoms with van der Waals surface area (Å²) in [6.07, 6.45) is 3.60. The molecule has 6 nitrogen and oxygen atoms in total. The molecule has 0 unspecified atom stereocenters. The van der Waals surface area contributed by atoms with Crippen molar-refractivity contribution in [1.29, 1.82) is 0 Å². The molecule has 3 aromatic rings. The van der Waals surface area contributed by atoms with Crippen LogP contribution in [0.2, 0.25) is 0 Å². The van der Waals surface area contributed by atoms with Crippen LogP contribution in [0.4, 0.5) is 0 Å². The molecule has 3 rings (SSSR count). The molecule has 1 aromatic carbocycles. The molecule has 0 saturated carbocycles. The Morgan fingerprint density at radius 2 is 1.83 bits per heavy atom. The van der Waals surface area contributed by atoms with Gasteiger partial charge in [-0.2, -0.15) is 5.10 Å². The molecule has 2 aromatic heterocycles. The molecule has 116 valence electrons. The first kappa shape index (κ1) is 15.0. The van der Waals surface area contributed by atoms with E-state index >= 15 is 0 Å². The van der Waals surface area contributed by atoms with Crippen LogP contribution in [0.25, 0.3) is 0 Å². The Morgan fingerprint density at radius 3 is 2.48 bits per heavy atom. The highest BCUT2D eigenvalue weighted by Gasteiger charge is 2.09. The van der Waals surface area contributed by atoms with Gasteiger partial charge in [-0.3, -0.25) is 25.1 Å². The number of amides is 2. The third kappa shape index (κ3) is 3.83. The van der Waals surface area contributed by atoms with Crippen LogP contribution in [0.15, 0.2) is 60.2 Å². The topological polar surface area (TPSA) is 76.0 Å². The van der Waals surface area contributed by atoms with Crippen molar-refractivity contribution in [2.45, 2.75) is 6.54 Å². The third-order valence-electron chi connectivity index (χ3n) is 3.15. The van der Waals surface area contributed by atoms with Crippen molar-refractivity contribution in [3.8, 4) is 0 Å². The first-order chi connectivity index (χ1) is 11.2. The van der Waals surface area contributed by atoms with Crippen LogP contribution >= 0.6 is 11.3 Å². The lowest BCUT2D eigenvalue weighted by molar-refractivity contribution is 0.0849. The number of aromatic nitrogens is 2. The predicted molar refractivity (Wildman–Crippen MR) is 87.0 cm³/mol. The highest BCUT2D eigenvalue weighted by atomic mass is 32.1. The zero-order chi connectivity index (χ0) is 16.1. The molecule has 2 amide bonds. The average molecular weight is 326 g/mol. The van der Waals surface area contributed by atoms with Crippen LogP contribution in [-0.2, 0) is 6.54 Å². The van der Waals surface area contributed by atoms with Crippen LogP contribution in [0.1, 0.15) is 25.6 Å². The Hall–Kier alpha value is -2.93. The lowest BCUT2D eigenvalue weighted by Crippen LogP contribution is -2.41. The van der Waals surface area contributed by atoms with Crippen LogP contribution < -0.4 is 10.9 Å². The quantitative estimate of drug-likeness (QED) is 0.721. The van der Waals surface area contributed by atoms with Crippen LogP contribution in [0.5, 0.6) is 0 Å². The fraction of sp³-hybridized carbons (Fsp3) is 0.0625. The smallest absolute Gasteiger partial charge is 0.268 e. The van der Waals surface area contributed by atoms with Gasteiger partial charge in [-0.15, -0.1) is 11.3 Å². The van der Waals surface area contributed by atoms with Crippen molar-refractivity contribution in [2.24, 2.45) is 0 Å². The molecular weight excluding hydrogens is 312 g/mol. The second kappa shape index (κ2) is 6.89. The molecular formula is C16H14N4O2S. The number of rotatable bonds is 4. The van der Waals surface area contributed by atoms with E-state index in [1.165, 1.54) is 11.3 Å². The lowest BCUT2D eigenvalue weighted by atomic mass is 10.1. The molecule has 0 atom stereocenters. The fourth-order valence-electron chi connectivity index (χ4n) is 2.00. The predicted octanol–water partition coefficient (Wildman–Crippen LogP) is 2.07. The molecule has 0 spiro atoms. The second-order valence-electron chi connectivity index (χ2n) is 4.79. The molecule has 2 heterocycles. The SMILES string of the molecule is O=C(NNC(=O)c1cccs1)c1ccc(Cn2cccn2)cc1. The Labute approximate surface area is 136 Å². The van der Waals surface area contributed by atoms with Gasteiger partial charge in [-0.05, 0) is 35.2 Å². The van der Waals surface area contributed by atoms with E-state index in [9.17, 15) is 9.59 Å². The minimum absolute atomic E-state index is 0.330. The maximum atomic E-state index is 12.0. The van der Waals surface area contributed by atoms with Gasteiger partial charge in [0, 0.05) is 18.0 Å². The van der Waals surface area contributed by atoms with Gasteiger partial charge in [0.1, 0.15) is 0 Å². The Bertz CT molecular complexity index is 780. The van der Waals surface area contributed by atoms with Crippen molar-refractivity contribution < 1.29 is 9.59 Å². The van der Waals surface area contributed by atoms with E-state index in [0.717, 1.165) is 5.56 Å². The van der Waals surface area contributed by atoms with Crippen molar-refractivity contribution >= 4 is 23.2 Å². The molecule has 0 aliphatic heterocycles. The van der Waals surface area contributed by atoms with Gasteiger partial charge in [-0.1, -0.05) is 18.2 Å². The number of nitrogens with zero attached hydrogens (tertiary/aromatic N) is 2. The molecule has 0 aliphatic rings. The van der Waals surface area contributed by atoms with Gasteiger partial charge in [0.25, 0.3) is 11.8 Å². The van der Waals surface area contributed by atoms with E-state index in [0.29, 0.717) is 17.0 Å². The van der Waals surface area contributed by atoms with E-state index < -0.39 is 0 Å². The fourth-order valence-corrected chi connectivity index (χ4v) is 2.62. The number of thiophene rings is 1. The molecule has 23 heavy (non-hydrogen) atoms. The summed E-state index contributed by atoms with van der Waals surface area (Å²) in [6, 6.07) is 12.5. The van der Waals surface area contributed by atoms with Gasteiger partial charge in [-0.25, -0.2) is 0 Å². The summed E-state index contributed by atoms with van der Waals surface area (Å²) >= 11 is 1.31. The normalized spacial score (nSPS) is 10.3. The van der Waals surface area contributed by atoms with Crippen LogP contribution in [0.3, 0.4) is 0 Å². The molecule has 0 bridgehead atoms.